The Kier molecular flexibility index (Phi) is 4.97. The van der Waals surface area contributed by atoms with Crippen LogP contribution in [0, 0.1) is 0 Å². The minimum atomic E-state index is -0.0163. The minimum absolute atomic E-state index is 0.0163. The Labute approximate surface area is 80.9 Å². The van der Waals surface area contributed by atoms with Crippen LogP contribution in [0.1, 0.15) is 6.92 Å². The molecule has 0 atom stereocenters. The number of allylic oxidation sites excluding steroid dienone is 3. The first kappa shape index (κ1) is 11.8. The molecule has 0 radical (unpaired) electrons. The van der Waals surface area contributed by atoms with E-state index in [0.717, 1.165) is 11.1 Å². The van der Waals surface area contributed by atoms with E-state index in [9.17, 15) is 4.79 Å². The van der Waals surface area contributed by atoms with E-state index in [1.165, 1.54) is 13.0 Å². The SMILES string of the molecule is B=C(B)C(/C=C(\C=C)C(C)=O)=N/C. The quantitative estimate of drug-likeness (QED) is 0.242. The van der Waals surface area contributed by atoms with Crippen LogP contribution in [0.2, 0.25) is 0 Å². The number of hydrogen-bond donors (Lipinski definition) is 0. The van der Waals surface area contributed by atoms with Gasteiger partial charge in [-0.25, -0.2) is 0 Å². The van der Waals surface area contributed by atoms with E-state index in [2.05, 4.69) is 19.1 Å². The topological polar surface area (TPSA) is 29.4 Å². The third kappa shape index (κ3) is 3.83. The molecule has 2 nitrogen and oxygen atoms in total. The molecule has 0 unspecified atom stereocenters. The first-order chi connectivity index (χ1) is 6.02. The van der Waals surface area contributed by atoms with Crippen LogP contribution in [-0.2, 0) is 4.79 Å². The van der Waals surface area contributed by atoms with E-state index in [0.29, 0.717) is 5.57 Å². The van der Waals surface area contributed by atoms with Gasteiger partial charge in [0.15, 0.2) is 0 Å². The van der Waals surface area contributed by atoms with Crippen molar-refractivity contribution in [2.75, 3.05) is 7.05 Å². The maximum atomic E-state index is 11.0. The van der Waals surface area contributed by atoms with Crippen LogP contribution in [0.5, 0.6) is 0 Å². The molecule has 4 heteroatoms. The molecule has 0 aromatic heterocycles. The summed E-state index contributed by atoms with van der Waals surface area (Å²) in [5.41, 5.74) is 1.29. The normalized spacial score (nSPS) is 12.4. The molecule has 0 heterocycles. The number of hydrogen-bond acceptors (Lipinski definition) is 2. The van der Waals surface area contributed by atoms with Gasteiger partial charge in [0.2, 0.25) is 0 Å². The summed E-state index contributed by atoms with van der Waals surface area (Å²) in [6.45, 7) is 5.05. The first-order valence-corrected chi connectivity index (χ1v) is 4.00. The standard InChI is InChI=1S/C9H13B2NO/c1-4-7(6(2)13)5-8(12-3)9(10)11/h4-5,10H,1,11H2,2-3H3/b7-5+,12-8+. The molecule has 0 aliphatic carbocycles. The van der Waals surface area contributed by atoms with Gasteiger partial charge in [-0.3, -0.25) is 0 Å². The van der Waals surface area contributed by atoms with Gasteiger partial charge in [-0.05, 0) is 0 Å². The van der Waals surface area contributed by atoms with Crippen molar-refractivity contribution < 1.29 is 4.79 Å². The molecule has 0 spiro atoms. The molecule has 0 fully saturated rings. The summed E-state index contributed by atoms with van der Waals surface area (Å²) >= 11 is 0. The van der Waals surface area contributed by atoms with Gasteiger partial charge in [-0.2, -0.15) is 0 Å². The van der Waals surface area contributed by atoms with Crippen molar-refractivity contribution in [1.29, 1.82) is 0 Å². The van der Waals surface area contributed by atoms with Gasteiger partial charge in [0.1, 0.15) is 0 Å². The Bertz CT molecular complexity index is 303. The zero-order chi connectivity index (χ0) is 10.4. The zero-order valence-corrected chi connectivity index (χ0v) is 8.42. The van der Waals surface area contributed by atoms with Gasteiger partial charge < -0.3 is 0 Å². The van der Waals surface area contributed by atoms with Crippen molar-refractivity contribution in [3.05, 3.63) is 24.3 Å². The molecule has 0 bridgehead atoms. The molecule has 66 valence electrons. The monoisotopic (exact) mass is 173 g/mol. The number of rotatable bonds is 4. The Morgan fingerprint density at radius 3 is 2.38 bits per heavy atom. The molecule has 0 saturated carbocycles. The third-order valence-corrected chi connectivity index (χ3v) is 1.60. The Morgan fingerprint density at radius 2 is 2.15 bits per heavy atom. The Balaban J connectivity index is 4.98. The van der Waals surface area contributed by atoms with E-state index < -0.39 is 0 Å². The van der Waals surface area contributed by atoms with Crippen molar-refractivity contribution in [2.45, 2.75) is 6.92 Å². The molecular weight excluding hydrogens is 160 g/mol. The Hall–Kier alpha value is -1.18. The van der Waals surface area contributed by atoms with Crippen molar-refractivity contribution >= 4 is 32.2 Å². The van der Waals surface area contributed by atoms with Crippen LogP contribution in [0.4, 0.5) is 0 Å². The van der Waals surface area contributed by atoms with E-state index in [-0.39, 0.29) is 5.78 Å². The van der Waals surface area contributed by atoms with Crippen LogP contribution in [-0.4, -0.2) is 39.2 Å². The number of ketones is 1. The molecule has 0 aromatic carbocycles. The molecule has 0 rings (SSSR count). The second kappa shape index (κ2) is 5.46. The molecule has 13 heavy (non-hydrogen) atoms. The zero-order valence-electron chi connectivity index (χ0n) is 8.42. The van der Waals surface area contributed by atoms with Gasteiger partial charge in [0.25, 0.3) is 0 Å². The Morgan fingerprint density at radius 1 is 1.62 bits per heavy atom. The van der Waals surface area contributed by atoms with E-state index >= 15 is 0 Å². The summed E-state index contributed by atoms with van der Waals surface area (Å²) in [5, 5.41) is 0.836. The predicted molar refractivity (Wildman–Crippen MR) is 63.0 cm³/mol. The molecule has 0 N–H and O–H groups in total. The summed E-state index contributed by atoms with van der Waals surface area (Å²) in [4.78, 5) is 15.0. The van der Waals surface area contributed by atoms with Gasteiger partial charge in [0.05, 0.1) is 0 Å². The molecule has 0 aromatic rings. The van der Waals surface area contributed by atoms with Gasteiger partial charge in [-0.1, -0.05) is 0 Å². The first-order valence-electron chi connectivity index (χ1n) is 4.00. The van der Waals surface area contributed by atoms with Gasteiger partial charge in [0, 0.05) is 0 Å². The molecule has 0 aliphatic rings. The number of carbonyl (C=O) groups excluding carboxylic acids is 1. The van der Waals surface area contributed by atoms with E-state index in [1.54, 1.807) is 13.1 Å². The van der Waals surface area contributed by atoms with Crippen molar-refractivity contribution in [3.8, 4) is 0 Å². The summed E-state index contributed by atoms with van der Waals surface area (Å²) in [6, 6.07) is 0. The summed E-state index contributed by atoms with van der Waals surface area (Å²) in [6.07, 6.45) is 3.22. The van der Waals surface area contributed by atoms with Gasteiger partial charge in [-0.15, -0.1) is 0 Å². The van der Waals surface area contributed by atoms with Gasteiger partial charge >= 0.3 is 80.3 Å². The van der Waals surface area contributed by atoms with Crippen LogP contribution in [0.15, 0.2) is 29.3 Å². The van der Waals surface area contributed by atoms with Crippen molar-refractivity contribution in [3.63, 3.8) is 0 Å². The number of carbonyl (C=O) groups is 1. The fourth-order valence-corrected chi connectivity index (χ4v) is 0.830. The van der Waals surface area contributed by atoms with Crippen LogP contribution < -0.4 is 0 Å². The van der Waals surface area contributed by atoms with Crippen LogP contribution in [0.25, 0.3) is 0 Å². The summed E-state index contributed by atoms with van der Waals surface area (Å²) in [7, 11) is 7.27. The number of Topliss-reactive ketones (excluding diaryl/α,β-unsaturated/α-hetero) is 1. The number of nitrogens with zero attached hydrogens (tertiary/aromatic N) is 1. The third-order valence-electron chi connectivity index (χ3n) is 1.60. The molecule has 0 saturated heterocycles. The van der Waals surface area contributed by atoms with Crippen LogP contribution >= 0.6 is 0 Å². The summed E-state index contributed by atoms with van der Waals surface area (Å²) < 4.78 is 0. The maximum absolute atomic E-state index is 11.0. The van der Waals surface area contributed by atoms with Crippen molar-refractivity contribution in [1.82, 2.24) is 0 Å². The molecular formula is C9H13B2NO. The average Bonchev–Trinajstić information content (AvgIpc) is 2.05. The van der Waals surface area contributed by atoms with Crippen LogP contribution in [0.3, 0.4) is 0 Å². The average molecular weight is 173 g/mol. The van der Waals surface area contributed by atoms with Crippen molar-refractivity contribution in [2.24, 2.45) is 4.99 Å². The second-order valence-electron chi connectivity index (χ2n) is 2.75. The second-order valence-corrected chi connectivity index (χ2v) is 2.75. The van der Waals surface area contributed by atoms with E-state index in [1.807, 2.05) is 7.85 Å². The number of aliphatic imine (C=N–C) groups is 1. The fraction of sp³-hybridized carbons (Fsp3) is 0.222. The van der Waals surface area contributed by atoms with E-state index in [4.69, 9.17) is 0 Å². The summed E-state index contributed by atoms with van der Waals surface area (Å²) in [5.74, 6) is -0.0163. The predicted octanol–water partition coefficient (Wildman–Crippen LogP) is -0.578. The fourth-order valence-electron chi connectivity index (χ4n) is 0.830. The molecule has 0 amide bonds. The molecule has 0 aliphatic heterocycles.